The molecule has 0 radical (unpaired) electrons. The summed E-state index contributed by atoms with van der Waals surface area (Å²) in [6, 6.07) is 10.2. The molecule has 0 saturated carbocycles. The van der Waals surface area contributed by atoms with Gasteiger partial charge in [-0.1, -0.05) is 18.2 Å². The Balaban J connectivity index is 2.25. The van der Waals surface area contributed by atoms with Gasteiger partial charge in [0.05, 0.1) is 0 Å². The second-order valence-electron chi connectivity index (χ2n) is 3.75. The van der Waals surface area contributed by atoms with E-state index in [9.17, 15) is 0 Å². The molecule has 17 heavy (non-hydrogen) atoms. The molecule has 1 aromatic heterocycles. The molecule has 0 fully saturated rings. The molecule has 0 amide bonds. The third-order valence-electron chi connectivity index (χ3n) is 2.40. The minimum atomic E-state index is 0.682. The summed E-state index contributed by atoms with van der Waals surface area (Å²) in [4.78, 5) is 6.60. The van der Waals surface area contributed by atoms with E-state index < -0.39 is 0 Å². The number of aryl methyl sites for hydroxylation is 1. The predicted molar refractivity (Wildman–Crippen MR) is 71.8 cm³/mol. The third-order valence-corrected chi connectivity index (χ3v) is 3.23. The minimum Gasteiger partial charge on any atom is -0.330 e. The fraction of sp³-hybridized carbons (Fsp3) is 0.333. The van der Waals surface area contributed by atoms with Gasteiger partial charge in [-0.05, 0) is 32.0 Å². The van der Waals surface area contributed by atoms with E-state index in [0.29, 0.717) is 6.54 Å². The van der Waals surface area contributed by atoms with Gasteiger partial charge < -0.3 is 10.6 Å². The smallest absolute Gasteiger partial charge is 0.209 e. The SMILES string of the molecule is Cc1nsc(N(CCCN)c2ccccc2)n1. The van der Waals surface area contributed by atoms with Gasteiger partial charge in [0.25, 0.3) is 0 Å². The molecule has 2 aromatic rings. The quantitative estimate of drug-likeness (QED) is 0.882. The summed E-state index contributed by atoms with van der Waals surface area (Å²) in [7, 11) is 0. The Morgan fingerprint density at radius 1 is 1.29 bits per heavy atom. The zero-order valence-electron chi connectivity index (χ0n) is 9.84. The van der Waals surface area contributed by atoms with E-state index in [1.54, 1.807) is 0 Å². The molecule has 0 aliphatic heterocycles. The Bertz CT molecular complexity index is 455. The van der Waals surface area contributed by atoms with Crippen LogP contribution in [0.2, 0.25) is 0 Å². The van der Waals surface area contributed by atoms with Crippen LogP contribution in [0.25, 0.3) is 0 Å². The molecule has 0 unspecified atom stereocenters. The fourth-order valence-electron chi connectivity index (χ4n) is 1.59. The van der Waals surface area contributed by atoms with E-state index in [0.717, 1.165) is 29.6 Å². The molecule has 2 rings (SSSR count). The van der Waals surface area contributed by atoms with E-state index in [2.05, 4.69) is 26.4 Å². The van der Waals surface area contributed by atoms with Crippen LogP contribution in [0.15, 0.2) is 30.3 Å². The van der Waals surface area contributed by atoms with Crippen molar-refractivity contribution in [3.05, 3.63) is 36.2 Å². The van der Waals surface area contributed by atoms with Crippen LogP contribution in [0, 0.1) is 6.92 Å². The van der Waals surface area contributed by atoms with Crippen molar-refractivity contribution in [3.63, 3.8) is 0 Å². The zero-order valence-corrected chi connectivity index (χ0v) is 10.7. The maximum Gasteiger partial charge on any atom is 0.209 e. The summed E-state index contributed by atoms with van der Waals surface area (Å²) in [5.74, 6) is 0.818. The third kappa shape index (κ3) is 3.01. The standard InChI is InChI=1S/C12H16N4S/c1-10-14-12(17-15-10)16(9-5-8-13)11-6-3-2-4-7-11/h2-4,6-7H,5,8-9,13H2,1H3. The van der Waals surface area contributed by atoms with Crippen LogP contribution in [0.4, 0.5) is 10.8 Å². The van der Waals surface area contributed by atoms with Crippen molar-refractivity contribution in [2.24, 2.45) is 5.73 Å². The molecule has 0 atom stereocenters. The Labute approximate surface area is 105 Å². The topological polar surface area (TPSA) is 55.0 Å². The molecule has 0 saturated heterocycles. The summed E-state index contributed by atoms with van der Waals surface area (Å²) >= 11 is 1.43. The van der Waals surface area contributed by atoms with Gasteiger partial charge in [-0.25, -0.2) is 4.98 Å². The van der Waals surface area contributed by atoms with Crippen LogP contribution in [-0.2, 0) is 0 Å². The van der Waals surface area contributed by atoms with Crippen molar-refractivity contribution in [3.8, 4) is 0 Å². The molecule has 90 valence electrons. The van der Waals surface area contributed by atoms with Gasteiger partial charge in [0, 0.05) is 23.8 Å². The molecule has 0 spiro atoms. The lowest BCUT2D eigenvalue weighted by Gasteiger charge is -2.20. The van der Waals surface area contributed by atoms with Crippen molar-refractivity contribution < 1.29 is 0 Å². The number of para-hydroxylation sites is 1. The van der Waals surface area contributed by atoms with E-state index >= 15 is 0 Å². The monoisotopic (exact) mass is 248 g/mol. The highest BCUT2D eigenvalue weighted by Gasteiger charge is 2.12. The molecule has 2 N–H and O–H groups in total. The fourth-order valence-corrected chi connectivity index (χ4v) is 2.31. The van der Waals surface area contributed by atoms with E-state index in [1.807, 2.05) is 25.1 Å². The Kier molecular flexibility index (Phi) is 4.06. The number of anilines is 2. The lowest BCUT2D eigenvalue weighted by atomic mass is 10.3. The first-order chi connectivity index (χ1) is 8.31. The lowest BCUT2D eigenvalue weighted by Crippen LogP contribution is -2.20. The lowest BCUT2D eigenvalue weighted by molar-refractivity contribution is 0.814. The average Bonchev–Trinajstić information content (AvgIpc) is 2.78. The summed E-state index contributed by atoms with van der Waals surface area (Å²) < 4.78 is 4.23. The first kappa shape index (κ1) is 12.0. The highest BCUT2D eigenvalue weighted by molar-refractivity contribution is 7.09. The Hall–Kier alpha value is -1.46. The number of benzene rings is 1. The molecule has 1 aromatic carbocycles. The summed E-state index contributed by atoms with van der Waals surface area (Å²) in [5.41, 5.74) is 6.72. The molecule has 0 bridgehead atoms. The average molecular weight is 248 g/mol. The van der Waals surface area contributed by atoms with Crippen molar-refractivity contribution in [2.75, 3.05) is 18.0 Å². The van der Waals surface area contributed by atoms with Gasteiger partial charge in [-0.3, -0.25) is 0 Å². The number of nitrogens with two attached hydrogens (primary N) is 1. The summed E-state index contributed by atoms with van der Waals surface area (Å²) in [6.07, 6.45) is 0.938. The van der Waals surface area contributed by atoms with Crippen molar-refractivity contribution in [1.82, 2.24) is 9.36 Å². The van der Waals surface area contributed by atoms with Crippen molar-refractivity contribution in [2.45, 2.75) is 13.3 Å². The number of rotatable bonds is 5. The Morgan fingerprint density at radius 3 is 2.65 bits per heavy atom. The summed E-state index contributed by atoms with van der Waals surface area (Å²) in [6.45, 7) is 3.46. The van der Waals surface area contributed by atoms with E-state index in [1.165, 1.54) is 11.5 Å². The van der Waals surface area contributed by atoms with Crippen LogP contribution in [-0.4, -0.2) is 22.4 Å². The first-order valence-corrected chi connectivity index (χ1v) is 6.41. The normalized spacial score (nSPS) is 10.5. The van der Waals surface area contributed by atoms with Crippen molar-refractivity contribution >= 4 is 22.4 Å². The van der Waals surface area contributed by atoms with Gasteiger partial charge in [0.15, 0.2) is 0 Å². The van der Waals surface area contributed by atoms with Gasteiger partial charge >= 0.3 is 0 Å². The molecule has 0 aliphatic carbocycles. The molecule has 5 heteroatoms. The van der Waals surface area contributed by atoms with Crippen LogP contribution in [0.1, 0.15) is 12.2 Å². The van der Waals surface area contributed by atoms with Gasteiger partial charge in [0.2, 0.25) is 5.13 Å². The van der Waals surface area contributed by atoms with Gasteiger partial charge in [-0.2, -0.15) is 4.37 Å². The van der Waals surface area contributed by atoms with Crippen LogP contribution in [0.3, 0.4) is 0 Å². The van der Waals surface area contributed by atoms with E-state index in [-0.39, 0.29) is 0 Å². The van der Waals surface area contributed by atoms with Crippen LogP contribution < -0.4 is 10.6 Å². The molecule has 0 aliphatic rings. The molecule has 1 heterocycles. The van der Waals surface area contributed by atoms with Crippen LogP contribution >= 0.6 is 11.5 Å². The number of hydrogen-bond donors (Lipinski definition) is 1. The largest absolute Gasteiger partial charge is 0.330 e. The maximum atomic E-state index is 5.58. The summed E-state index contributed by atoms with van der Waals surface area (Å²) in [5, 5.41) is 0.933. The molecular formula is C12H16N4S. The second kappa shape index (κ2) is 5.75. The highest BCUT2D eigenvalue weighted by Crippen LogP contribution is 2.26. The Morgan fingerprint density at radius 2 is 2.06 bits per heavy atom. The van der Waals surface area contributed by atoms with Crippen molar-refractivity contribution in [1.29, 1.82) is 0 Å². The highest BCUT2D eigenvalue weighted by atomic mass is 32.1. The maximum absolute atomic E-state index is 5.58. The predicted octanol–water partition coefficient (Wildman–Crippen LogP) is 2.33. The second-order valence-corrected chi connectivity index (χ2v) is 4.48. The number of hydrogen-bond acceptors (Lipinski definition) is 5. The zero-order chi connectivity index (χ0) is 12.1. The first-order valence-electron chi connectivity index (χ1n) is 5.64. The minimum absolute atomic E-state index is 0.682. The van der Waals surface area contributed by atoms with E-state index in [4.69, 9.17) is 5.73 Å². The van der Waals surface area contributed by atoms with Crippen LogP contribution in [0.5, 0.6) is 0 Å². The molecule has 4 nitrogen and oxygen atoms in total. The molecular weight excluding hydrogens is 232 g/mol. The van der Waals surface area contributed by atoms with Gasteiger partial charge in [-0.15, -0.1) is 0 Å². The number of nitrogens with zero attached hydrogens (tertiary/aromatic N) is 3. The number of aromatic nitrogens is 2. The van der Waals surface area contributed by atoms with Gasteiger partial charge in [0.1, 0.15) is 5.82 Å².